The SMILES string of the molecule is O=C(NC1=CC=C(C(F)(F)F)[C@H]2CCO[C@@H]12)c1ccccc1. The van der Waals surface area contributed by atoms with Gasteiger partial charge in [0.05, 0.1) is 0 Å². The number of halogens is 3. The first kappa shape index (κ1) is 14.8. The summed E-state index contributed by atoms with van der Waals surface area (Å²) >= 11 is 0. The van der Waals surface area contributed by atoms with Gasteiger partial charge in [0.15, 0.2) is 0 Å². The molecule has 1 aromatic carbocycles. The van der Waals surface area contributed by atoms with Crippen LogP contribution in [0, 0.1) is 5.92 Å². The maximum absolute atomic E-state index is 13.0. The van der Waals surface area contributed by atoms with Crippen molar-refractivity contribution in [3.8, 4) is 0 Å². The second-order valence-corrected chi connectivity index (χ2v) is 5.25. The lowest BCUT2D eigenvalue weighted by molar-refractivity contribution is -0.101. The Balaban J connectivity index is 1.83. The van der Waals surface area contributed by atoms with Crippen LogP contribution in [-0.2, 0) is 4.74 Å². The van der Waals surface area contributed by atoms with Gasteiger partial charge in [-0.05, 0) is 24.6 Å². The second kappa shape index (κ2) is 5.61. The first-order valence-corrected chi connectivity index (χ1v) is 6.94. The fourth-order valence-electron chi connectivity index (χ4n) is 2.82. The second-order valence-electron chi connectivity index (χ2n) is 5.25. The molecule has 1 aliphatic heterocycles. The van der Waals surface area contributed by atoms with Crippen LogP contribution < -0.4 is 5.32 Å². The topological polar surface area (TPSA) is 38.3 Å². The minimum Gasteiger partial charge on any atom is -0.371 e. The molecule has 6 heteroatoms. The number of nitrogens with one attached hydrogen (secondary N) is 1. The molecule has 116 valence electrons. The summed E-state index contributed by atoms with van der Waals surface area (Å²) in [6.07, 6.45) is -2.49. The van der Waals surface area contributed by atoms with Crippen molar-refractivity contribution in [1.29, 1.82) is 0 Å². The molecule has 3 rings (SSSR count). The molecule has 1 fully saturated rings. The lowest BCUT2D eigenvalue weighted by Gasteiger charge is -2.28. The lowest BCUT2D eigenvalue weighted by atomic mass is 9.86. The van der Waals surface area contributed by atoms with Gasteiger partial charge in [-0.2, -0.15) is 13.2 Å². The van der Waals surface area contributed by atoms with E-state index < -0.39 is 23.8 Å². The Labute approximate surface area is 125 Å². The van der Waals surface area contributed by atoms with Crippen molar-refractivity contribution < 1.29 is 22.7 Å². The molecule has 0 aromatic heterocycles. The first-order chi connectivity index (χ1) is 10.5. The molecule has 3 nitrogen and oxygen atoms in total. The molecule has 2 atom stereocenters. The molecule has 0 radical (unpaired) electrons. The van der Waals surface area contributed by atoms with Crippen molar-refractivity contribution in [1.82, 2.24) is 5.32 Å². The third-order valence-electron chi connectivity index (χ3n) is 3.86. The van der Waals surface area contributed by atoms with E-state index in [9.17, 15) is 18.0 Å². The van der Waals surface area contributed by atoms with E-state index in [1.165, 1.54) is 6.08 Å². The van der Waals surface area contributed by atoms with Crippen molar-refractivity contribution in [2.45, 2.75) is 18.7 Å². The number of carbonyl (C=O) groups excluding carboxylic acids is 1. The number of hydrogen-bond donors (Lipinski definition) is 1. The van der Waals surface area contributed by atoms with Gasteiger partial charge in [-0.1, -0.05) is 24.3 Å². The van der Waals surface area contributed by atoms with Crippen LogP contribution in [-0.4, -0.2) is 24.8 Å². The minimum atomic E-state index is -4.37. The van der Waals surface area contributed by atoms with Gasteiger partial charge in [0.1, 0.15) is 6.10 Å². The minimum absolute atomic E-state index is 0.251. The van der Waals surface area contributed by atoms with Crippen LogP contribution >= 0.6 is 0 Å². The third kappa shape index (κ3) is 2.78. The number of benzene rings is 1. The lowest BCUT2D eigenvalue weighted by Crippen LogP contribution is -2.37. The molecule has 0 saturated carbocycles. The first-order valence-electron chi connectivity index (χ1n) is 6.94. The highest BCUT2D eigenvalue weighted by molar-refractivity contribution is 5.95. The monoisotopic (exact) mass is 309 g/mol. The molecule has 0 bridgehead atoms. The fourth-order valence-corrected chi connectivity index (χ4v) is 2.82. The molecule has 1 aliphatic carbocycles. The number of rotatable bonds is 2. The van der Waals surface area contributed by atoms with Gasteiger partial charge in [0, 0.05) is 29.4 Å². The summed E-state index contributed by atoms with van der Waals surface area (Å²) in [6, 6.07) is 8.51. The average molecular weight is 309 g/mol. The zero-order valence-corrected chi connectivity index (χ0v) is 11.6. The zero-order valence-electron chi connectivity index (χ0n) is 11.6. The van der Waals surface area contributed by atoms with E-state index in [0.29, 0.717) is 17.7 Å². The van der Waals surface area contributed by atoms with Crippen LogP contribution in [0.2, 0.25) is 0 Å². The van der Waals surface area contributed by atoms with Crippen LogP contribution in [0.1, 0.15) is 16.8 Å². The van der Waals surface area contributed by atoms with Gasteiger partial charge in [0.25, 0.3) is 5.91 Å². The number of alkyl halides is 3. The number of ether oxygens (including phenoxy) is 1. The largest absolute Gasteiger partial charge is 0.413 e. The van der Waals surface area contributed by atoms with Gasteiger partial charge in [0.2, 0.25) is 0 Å². The highest BCUT2D eigenvalue weighted by Gasteiger charge is 2.46. The Morgan fingerprint density at radius 3 is 2.59 bits per heavy atom. The quantitative estimate of drug-likeness (QED) is 0.911. The van der Waals surface area contributed by atoms with Gasteiger partial charge < -0.3 is 10.1 Å². The molecule has 0 spiro atoms. The summed E-state index contributed by atoms with van der Waals surface area (Å²) in [5.74, 6) is -1.11. The average Bonchev–Trinajstić information content (AvgIpc) is 2.96. The van der Waals surface area contributed by atoms with Gasteiger partial charge in [-0.3, -0.25) is 4.79 Å². The molecule has 2 aliphatic rings. The highest BCUT2D eigenvalue weighted by Crippen LogP contribution is 2.42. The van der Waals surface area contributed by atoms with E-state index in [0.717, 1.165) is 6.08 Å². The third-order valence-corrected chi connectivity index (χ3v) is 3.86. The van der Waals surface area contributed by atoms with Crippen molar-refractivity contribution >= 4 is 5.91 Å². The number of amides is 1. The molecule has 1 N–H and O–H groups in total. The summed E-state index contributed by atoms with van der Waals surface area (Å²) in [6.45, 7) is 0.251. The molecule has 0 unspecified atom stereocenters. The number of hydrogen-bond acceptors (Lipinski definition) is 2. The Hall–Kier alpha value is -2.08. The van der Waals surface area contributed by atoms with Crippen LogP contribution in [0.4, 0.5) is 13.2 Å². The maximum atomic E-state index is 13.0. The molecule has 1 amide bonds. The van der Waals surface area contributed by atoms with E-state index in [-0.39, 0.29) is 12.5 Å². The molecular formula is C16H14F3NO2. The zero-order chi connectivity index (χ0) is 15.7. The summed E-state index contributed by atoms with van der Waals surface area (Å²) in [5.41, 5.74) is 0.237. The van der Waals surface area contributed by atoms with Crippen molar-refractivity contribution in [3.63, 3.8) is 0 Å². The van der Waals surface area contributed by atoms with E-state index in [2.05, 4.69) is 5.32 Å². The molecule has 1 aromatic rings. The number of allylic oxidation sites excluding steroid dienone is 2. The molecule has 1 saturated heterocycles. The van der Waals surface area contributed by atoms with Crippen LogP contribution in [0.3, 0.4) is 0 Å². The summed E-state index contributed by atoms with van der Waals surface area (Å²) in [5, 5.41) is 2.66. The predicted molar refractivity (Wildman–Crippen MR) is 74.0 cm³/mol. The van der Waals surface area contributed by atoms with E-state index >= 15 is 0 Å². The Morgan fingerprint density at radius 1 is 1.18 bits per heavy atom. The fraction of sp³-hybridized carbons (Fsp3) is 0.312. The normalized spacial score (nSPS) is 24.3. The van der Waals surface area contributed by atoms with Crippen molar-refractivity contribution in [2.24, 2.45) is 5.92 Å². The predicted octanol–water partition coefficient (Wildman–Crippen LogP) is 3.21. The van der Waals surface area contributed by atoms with Crippen LogP contribution in [0.5, 0.6) is 0 Å². The summed E-state index contributed by atoms with van der Waals surface area (Å²) in [7, 11) is 0. The van der Waals surface area contributed by atoms with Gasteiger partial charge in [-0.25, -0.2) is 0 Å². The Morgan fingerprint density at radius 2 is 1.91 bits per heavy atom. The van der Waals surface area contributed by atoms with E-state index in [1.54, 1.807) is 30.3 Å². The Bertz CT molecular complexity index is 635. The number of carbonyl (C=O) groups is 1. The van der Waals surface area contributed by atoms with Crippen molar-refractivity contribution in [2.75, 3.05) is 6.61 Å². The molecular weight excluding hydrogens is 295 g/mol. The van der Waals surface area contributed by atoms with Gasteiger partial charge >= 0.3 is 6.18 Å². The van der Waals surface area contributed by atoms with Crippen LogP contribution in [0.25, 0.3) is 0 Å². The van der Waals surface area contributed by atoms with E-state index in [1.807, 2.05) is 0 Å². The number of fused-ring (bicyclic) bond motifs is 1. The summed E-state index contributed by atoms with van der Waals surface area (Å²) in [4.78, 5) is 12.1. The van der Waals surface area contributed by atoms with Crippen molar-refractivity contribution in [3.05, 3.63) is 59.3 Å². The van der Waals surface area contributed by atoms with Gasteiger partial charge in [-0.15, -0.1) is 0 Å². The van der Waals surface area contributed by atoms with E-state index in [4.69, 9.17) is 4.74 Å². The Kier molecular flexibility index (Phi) is 3.78. The standard InChI is InChI=1S/C16H14F3NO2/c17-16(18,19)12-6-7-13(14-11(12)8-9-22-14)20-15(21)10-4-2-1-3-5-10/h1-7,11,14H,8-9H2,(H,20,21)/t11-,14-/m1/s1. The van der Waals surface area contributed by atoms with Crippen LogP contribution in [0.15, 0.2) is 53.8 Å². The molecule has 22 heavy (non-hydrogen) atoms. The maximum Gasteiger partial charge on any atom is 0.413 e. The highest BCUT2D eigenvalue weighted by atomic mass is 19.4. The molecule has 1 heterocycles. The smallest absolute Gasteiger partial charge is 0.371 e. The summed E-state index contributed by atoms with van der Waals surface area (Å²) < 4.78 is 44.4.